The fourth-order valence-corrected chi connectivity index (χ4v) is 3.83. The number of nitrogens with one attached hydrogen (secondary N) is 1. The molecule has 0 saturated carbocycles. The molecule has 0 heterocycles. The van der Waals surface area contributed by atoms with Crippen molar-refractivity contribution in [1.29, 1.82) is 0 Å². The molecule has 0 aromatic heterocycles. The second-order valence-corrected chi connectivity index (χ2v) is 9.48. The molecule has 0 fully saturated rings. The van der Waals surface area contributed by atoms with Crippen molar-refractivity contribution in [1.82, 2.24) is 5.43 Å². The number of esters is 1. The first-order valence-corrected chi connectivity index (χ1v) is 13.9. The lowest BCUT2D eigenvalue weighted by Gasteiger charge is -2.12. The number of ether oxygens (including phenoxy) is 4. The van der Waals surface area contributed by atoms with Crippen molar-refractivity contribution in [2.45, 2.75) is 26.9 Å². The molecule has 0 saturated heterocycles. The average Bonchev–Trinajstić information content (AvgIpc) is 3.01. The summed E-state index contributed by atoms with van der Waals surface area (Å²) in [5.41, 5.74) is 4.94. The highest BCUT2D eigenvalue weighted by Gasteiger charge is 2.14. The van der Waals surface area contributed by atoms with Crippen molar-refractivity contribution in [2.24, 2.45) is 5.10 Å². The minimum absolute atomic E-state index is 0.271. The molecule has 0 aliphatic heterocycles. The maximum atomic E-state index is 12.7. The predicted molar refractivity (Wildman–Crippen MR) is 162 cm³/mol. The van der Waals surface area contributed by atoms with Crippen molar-refractivity contribution >= 4 is 29.7 Å². The Balaban J connectivity index is 1.32. The summed E-state index contributed by atoms with van der Waals surface area (Å²) >= 11 is 5.91. The van der Waals surface area contributed by atoms with E-state index in [4.69, 9.17) is 30.5 Å². The van der Waals surface area contributed by atoms with Gasteiger partial charge in [0.15, 0.2) is 11.5 Å². The third-order valence-electron chi connectivity index (χ3n) is 5.85. The number of nitrogens with zero attached hydrogens (tertiary/aromatic N) is 1. The minimum Gasteiger partial charge on any atom is -0.494 e. The summed E-state index contributed by atoms with van der Waals surface area (Å²) in [5, 5.41) is 4.72. The van der Waals surface area contributed by atoms with Crippen LogP contribution in [0.1, 0.15) is 52.1 Å². The van der Waals surface area contributed by atoms with Crippen LogP contribution in [0.25, 0.3) is 0 Å². The number of carbonyl (C=O) groups is 2. The molecule has 8 nitrogen and oxygen atoms in total. The lowest BCUT2D eigenvalue weighted by atomic mass is 10.2. The van der Waals surface area contributed by atoms with E-state index in [2.05, 4.69) is 10.5 Å². The van der Waals surface area contributed by atoms with Gasteiger partial charge >= 0.3 is 5.97 Å². The van der Waals surface area contributed by atoms with Crippen LogP contribution in [0.3, 0.4) is 0 Å². The second kappa shape index (κ2) is 15.3. The normalized spacial score (nSPS) is 10.7. The van der Waals surface area contributed by atoms with Gasteiger partial charge in [-0.2, -0.15) is 5.10 Å². The fourth-order valence-electron chi connectivity index (χ4n) is 3.70. The zero-order valence-electron chi connectivity index (χ0n) is 23.3. The van der Waals surface area contributed by atoms with Gasteiger partial charge in [0, 0.05) is 10.6 Å². The molecule has 4 aromatic rings. The molecule has 216 valence electrons. The summed E-state index contributed by atoms with van der Waals surface area (Å²) in [5.74, 6) is 1.07. The second-order valence-electron chi connectivity index (χ2n) is 9.04. The van der Waals surface area contributed by atoms with Crippen molar-refractivity contribution in [3.63, 3.8) is 0 Å². The standard InChI is InChI=1S/C33H31ClN2O6/c1-3-19-40-28-16-10-26(11-17-28)33(38)42-30-18-7-24(20-31(30)39-4-2)21-35-36-32(37)25-8-14-29(15-9-25)41-22-23-5-12-27(34)13-6-23/h5-18,20-21H,3-4,19,22H2,1-2H3,(H,36,37). The van der Waals surface area contributed by atoms with E-state index < -0.39 is 5.97 Å². The molecule has 1 amide bonds. The number of rotatable bonds is 13. The van der Waals surface area contributed by atoms with E-state index in [1.54, 1.807) is 78.9 Å². The first kappa shape index (κ1) is 30.1. The van der Waals surface area contributed by atoms with Gasteiger partial charge in [0.25, 0.3) is 5.91 Å². The molecule has 0 spiro atoms. The number of hydrogen-bond donors (Lipinski definition) is 1. The number of hydrazone groups is 1. The van der Waals surface area contributed by atoms with E-state index in [-0.39, 0.29) is 11.7 Å². The van der Waals surface area contributed by atoms with Gasteiger partial charge in [0.2, 0.25) is 0 Å². The molecule has 0 atom stereocenters. The Kier molecular flexibility index (Phi) is 10.9. The number of halogens is 1. The molecular formula is C33H31ClN2O6. The van der Waals surface area contributed by atoms with Gasteiger partial charge in [-0.15, -0.1) is 0 Å². The Morgan fingerprint density at radius 1 is 0.786 bits per heavy atom. The maximum absolute atomic E-state index is 12.7. The molecule has 0 aliphatic rings. The molecule has 4 rings (SSSR count). The van der Waals surface area contributed by atoms with Gasteiger partial charge in [0.05, 0.1) is 25.0 Å². The zero-order valence-corrected chi connectivity index (χ0v) is 24.1. The molecule has 9 heteroatoms. The Labute approximate surface area is 249 Å². The van der Waals surface area contributed by atoms with Crippen molar-refractivity contribution < 1.29 is 28.5 Å². The highest BCUT2D eigenvalue weighted by Crippen LogP contribution is 2.29. The average molecular weight is 587 g/mol. The first-order valence-electron chi connectivity index (χ1n) is 13.5. The lowest BCUT2D eigenvalue weighted by Crippen LogP contribution is -2.17. The number of hydrogen-bond acceptors (Lipinski definition) is 7. The lowest BCUT2D eigenvalue weighted by molar-refractivity contribution is 0.0728. The molecule has 4 aromatic carbocycles. The van der Waals surface area contributed by atoms with Crippen LogP contribution >= 0.6 is 11.6 Å². The van der Waals surface area contributed by atoms with E-state index in [1.807, 2.05) is 26.0 Å². The van der Waals surface area contributed by atoms with Crippen LogP contribution < -0.4 is 24.4 Å². The van der Waals surface area contributed by atoms with Gasteiger partial charge in [0.1, 0.15) is 18.1 Å². The van der Waals surface area contributed by atoms with Gasteiger partial charge < -0.3 is 18.9 Å². The molecule has 0 aliphatic carbocycles. The van der Waals surface area contributed by atoms with Crippen molar-refractivity contribution in [3.8, 4) is 23.0 Å². The van der Waals surface area contributed by atoms with E-state index in [0.29, 0.717) is 58.8 Å². The third kappa shape index (κ3) is 8.84. The minimum atomic E-state index is -0.520. The van der Waals surface area contributed by atoms with Crippen LogP contribution in [0.2, 0.25) is 5.02 Å². The summed E-state index contributed by atoms with van der Waals surface area (Å²) in [6.45, 7) is 5.21. The molecule has 1 N–H and O–H groups in total. The van der Waals surface area contributed by atoms with E-state index in [1.165, 1.54) is 6.21 Å². The van der Waals surface area contributed by atoms with E-state index >= 15 is 0 Å². The Hall–Kier alpha value is -4.82. The van der Waals surface area contributed by atoms with Crippen molar-refractivity contribution in [2.75, 3.05) is 13.2 Å². The molecule has 0 bridgehead atoms. The quantitative estimate of drug-likeness (QED) is 0.0777. The monoisotopic (exact) mass is 586 g/mol. The smallest absolute Gasteiger partial charge is 0.343 e. The van der Waals surface area contributed by atoms with Gasteiger partial charge in [-0.1, -0.05) is 30.7 Å². The van der Waals surface area contributed by atoms with Crippen LogP contribution in [0.5, 0.6) is 23.0 Å². The highest BCUT2D eigenvalue weighted by atomic mass is 35.5. The first-order chi connectivity index (χ1) is 20.4. The Bertz CT molecular complexity index is 1500. The largest absolute Gasteiger partial charge is 0.494 e. The SMILES string of the molecule is CCCOc1ccc(C(=O)Oc2ccc(C=NNC(=O)c3ccc(OCc4ccc(Cl)cc4)cc3)cc2OCC)cc1. The Morgan fingerprint density at radius 3 is 2.12 bits per heavy atom. The van der Waals surface area contributed by atoms with E-state index in [0.717, 1.165) is 12.0 Å². The van der Waals surface area contributed by atoms with Gasteiger partial charge in [-0.05, 0) is 103 Å². The molecule has 0 radical (unpaired) electrons. The fraction of sp³-hybridized carbons (Fsp3) is 0.182. The summed E-state index contributed by atoms with van der Waals surface area (Å²) in [4.78, 5) is 25.2. The van der Waals surface area contributed by atoms with E-state index in [9.17, 15) is 9.59 Å². The zero-order chi connectivity index (χ0) is 29.7. The van der Waals surface area contributed by atoms with Crippen LogP contribution in [-0.2, 0) is 6.61 Å². The van der Waals surface area contributed by atoms with Crippen LogP contribution in [-0.4, -0.2) is 31.3 Å². The Morgan fingerprint density at radius 2 is 1.45 bits per heavy atom. The van der Waals surface area contributed by atoms with Crippen LogP contribution in [0, 0.1) is 0 Å². The third-order valence-corrected chi connectivity index (χ3v) is 6.10. The molecule has 0 unspecified atom stereocenters. The highest BCUT2D eigenvalue weighted by molar-refractivity contribution is 6.30. The summed E-state index contributed by atoms with van der Waals surface area (Å²) < 4.78 is 22.6. The predicted octanol–water partition coefficient (Wildman–Crippen LogP) is 7.09. The number of benzene rings is 4. The van der Waals surface area contributed by atoms with Gasteiger partial charge in [-0.25, -0.2) is 10.2 Å². The molecule has 42 heavy (non-hydrogen) atoms. The number of carbonyl (C=O) groups excluding carboxylic acids is 2. The summed E-state index contributed by atoms with van der Waals surface area (Å²) in [6, 6.07) is 25.9. The van der Waals surface area contributed by atoms with Crippen LogP contribution in [0.15, 0.2) is 96.1 Å². The summed E-state index contributed by atoms with van der Waals surface area (Å²) in [6.07, 6.45) is 2.37. The summed E-state index contributed by atoms with van der Waals surface area (Å²) in [7, 11) is 0. The van der Waals surface area contributed by atoms with Gasteiger partial charge in [-0.3, -0.25) is 4.79 Å². The number of amides is 1. The van der Waals surface area contributed by atoms with Crippen LogP contribution in [0.4, 0.5) is 0 Å². The topological polar surface area (TPSA) is 95.5 Å². The van der Waals surface area contributed by atoms with Crippen molar-refractivity contribution in [3.05, 3.63) is 118 Å². The maximum Gasteiger partial charge on any atom is 0.343 e. The molecular weight excluding hydrogens is 556 g/mol.